The van der Waals surface area contributed by atoms with Gasteiger partial charge in [0.1, 0.15) is 11.3 Å². The predicted molar refractivity (Wildman–Crippen MR) is 88.5 cm³/mol. The third-order valence-electron chi connectivity index (χ3n) is 3.56. The van der Waals surface area contributed by atoms with Crippen LogP contribution in [0.5, 0.6) is 11.8 Å². The first kappa shape index (κ1) is 18.8. The Morgan fingerprint density at radius 2 is 1.84 bits per heavy atom. The number of methoxy groups -OCH3 is 1. The predicted octanol–water partition coefficient (Wildman–Crippen LogP) is 4.45. The molecule has 2 aromatic rings. The summed E-state index contributed by atoms with van der Waals surface area (Å²) in [7, 11) is 3.03. The fraction of sp³-hybridized carbons (Fsp3) is 0.412. The van der Waals surface area contributed by atoms with Crippen LogP contribution in [0.1, 0.15) is 25.3 Å². The van der Waals surface area contributed by atoms with E-state index in [4.69, 9.17) is 9.47 Å². The van der Waals surface area contributed by atoms with Crippen molar-refractivity contribution in [1.82, 2.24) is 9.97 Å². The van der Waals surface area contributed by atoms with Gasteiger partial charge in [-0.2, -0.15) is 18.2 Å². The number of ether oxygens (including phenoxy) is 2. The normalized spacial score (nSPS) is 11.3. The Kier molecular flexibility index (Phi) is 6.06. The Bertz CT molecular complexity index is 691. The summed E-state index contributed by atoms with van der Waals surface area (Å²) in [5.41, 5.74) is -0.391. The minimum absolute atomic E-state index is 0.0724. The highest BCUT2D eigenvalue weighted by Gasteiger charge is 2.36. The number of nitrogens with zero attached hydrogens (tertiary/aromatic N) is 3. The van der Waals surface area contributed by atoms with Crippen LogP contribution in [-0.2, 0) is 6.18 Å². The number of alkyl halides is 3. The van der Waals surface area contributed by atoms with Crippen LogP contribution in [0.3, 0.4) is 0 Å². The van der Waals surface area contributed by atoms with Crippen LogP contribution in [0.4, 0.5) is 24.7 Å². The van der Waals surface area contributed by atoms with E-state index < -0.39 is 11.7 Å². The molecule has 0 N–H and O–H groups in total. The second-order valence-corrected chi connectivity index (χ2v) is 5.35. The fourth-order valence-electron chi connectivity index (χ4n) is 2.12. The molecule has 0 amide bonds. The smallest absolute Gasteiger partial charge is 0.421 e. The molecule has 0 saturated carbocycles. The lowest BCUT2D eigenvalue weighted by Crippen LogP contribution is -2.19. The Balaban J connectivity index is 2.37. The van der Waals surface area contributed by atoms with Crippen LogP contribution in [0.2, 0.25) is 0 Å². The number of hydrogen-bond acceptors (Lipinski definition) is 5. The molecule has 136 valence electrons. The lowest BCUT2D eigenvalue weighted by molar-refractivity contribution is -0.137. The minimum Gasteiger partial charge on any atom is -0.497 e. The zero-order chi connectivity index (χ0) is 18.4. The molecule has 0 aliphatic carbocycles. The van der Waals surface area contributed by atoms with Gasteiger partial charge >= 0.3 is 12.2 Å². The first-order valence-electron chi connectivity index (χ1n) is 7.81. The monoisotopic (exact) mass is 355 g/mol. The lowest BCUT2D eigenvalue weighted by Gasteiger charge is -2.22. The fourth-order valence-corrected chi connectivity index (χ4v) is 2.12. The number of aromatic nitrogens is 2. The molecule has 8 heteroatoms. The van der Waals surface area contributed by atoms with Gasteiger partial charge in [-0.05, 0) is 30.7 Å². The SMILES string of the molecule is CCCCOc1ncc(C(F)(F)F)c(N(C)c2ccc(OC)cc2)n1. The molecule has 0 aliphatic heterocycles. The molecule has 2 rings (SSSR count). The number of benzene rings is 1. The molecule has 1 aromatic heterocycles. The molecular formula is C17H20F3N3O2. The third kappa shape index (κ3) is 4.74. The van der Waals surface area contributed by atoms with E-state index in [-0.39, 0.29) is 11.8 Å². The molecule has 25 heavy (non-hydrogen) atoms. The first-order valence-corrected chi connectivity index (χ1v) is 7.81. The van der Waals surface area contributed by atoms with Gasteiger partial charge in [-0.1, -0.05) is 13.3 Å². The Hall–Kier alpha value is -2.51. The van der Waals surface area contributed by atoms with Gasteiger partial charge in [0, 0.05) is 18.9 Å². The number of hydrogen-bond donors (Lipinski definition) is 0. The van der Waals surface area contributed by atoms with Crippen molar-refractivity contribution < 1.29 is 22.6 Å². The van der Waals surface area contributed by atoms with Crippen molar-refractivity contribution in [3.05, 3.63) is 36.0 Å². The average molecular weight is 355 g/mol. The van der Waals surface area contributed by atoms with Crippen molar-refractivity contribution in [3.63, 3.8) is 0 Å². The molecule has 5 nitrogen and oxygen atoms in total. The van der Waals surface area contributed by atoms with Crippen molar-refractivity contribution in [2.24, 2.45) is 0 Å². The van der Waals surface area contributed by atoms with Crippen molar-refractivity contribution in [2.75, 3.05) is 25.7 Å². The number of rotatable bonds is 7. The first-order chi connectivity index (χ1) is 11.9. The Morgan fingerprint density at radius 3 is 2.40 bits per heavy atom. The van der Waals surface area contributed by atoms with Crippen LogP contribution in [0, 0.1) is 0 Å². The lowest BCUT2D eigenvalue weighted by atomic mass is 10.2. The summed E-state index contributed by atoms with van der Waals surface area (Å²) < 4.78 is 50.3. The largest absolute Gasteiger partial charge is 0.497 e. The molecule has 0 spiro atoms. The van der Waals surface area contributed by atoms with E-state index >= 15 is 0 Å². The molecule has 0 fully saturated rings. The summed E-state index contributed by atoms with van der Waals surface area (Å²) in [6.45, 7) is 2.34. The van der Waals surface area contributed by atoms with E-state index in [2.05, 4.69) is 9.97 Å². The molecule has 0 saturated heterocycles. The van der Waals surface area contributed by atoms with Gasteiger partial charge in [0.05, 0.1) is 13.7 Å². The maximum absolute atomic E-state index is 13.3. The number of unbranched alkanes of at least 4 members (excludes halogenated alkanes) is 1. The highest BCUT2D eigenvalue weighted by molar-refractivity contribution is 5.63. The molecular weight excluding hydrogens is 335 g/mol. The maximum atomic E-state index is 13.3. The molecule has 1 heterocycles. The van der Waals surface area contributed by atoms with Gasteiger partial charge in [-0.15, -0.1) is 0 Å². The second-order valence-electron chi connectivity index (χ2n) is 5.35. The summed E-state index contributed by atoms with van der Waals surface area (Å²) >= 11 is 0. The summed E-state index contributed by atoms with van der Waals surface area (Å²) in [6.07, 6.45) is -2.14. The molecule has 0 atom stereocenters. The summed E-state index contributed by atoms with van der Waals surface area (Å²) in [5.74, 6) is 0.346. The van der Waals surface area contributed by atoms with Crippen molar-refractivity contribution in [2.45, 2.75) is 25.9 Å². The second kappa shape index (κ2) is 8.04. The highest BCUT2D eigenvalue weighted by Crippen LogP contribution is 2.37. The van der Waals surface area contributed by atoms with Gasteiger partial charge in [0.25, 0.3) is 0 Å². The van der Waals surface area contributed by atoms with E-state index in [0.29, 0.717) is 18.0 Å². The van der Waals surface area contributed by atoms with E-state index in [1.165, 1.54) is 19.1 Å². The molecule has 1 aromatic carbocycles. The Labute approximate surface area is 144 Å². The van der Waals surface area contributed by atoms with Gasteiger partial charge < -0.3 is 14.4 Å². The van der Waals surface area contributed by atoms with Crippen LogP contribution in [0.25, 0.3) is 0 Å². The molecule has 0 aliphatic rings. The molecule has 0 radical (unpaired) electrons. The van der Waals surface area contributed by atoms with E-state index in [1.807, 2.05) is 6.92 Å². The van der Waals surface area contributed by atoms with E-state index in [9.17, 15) is 13.2 Å². The summed E-state index contributed by atoms with van der Waals surface area (Å²) in [4.78, 5) is 9.00. The van der Waals surface area contributed by atoms with Crippen molar-refractivity contribution >= 4 is 11.5 Å². The minimum atomic E-state index is -4.57. The standard InChI is InChI=1S/C17H20F3N3O2/c1-4-5-10-25-16-21-11-14(17(18,19)20)15(22-16)23(2)12-6-8-13(24-3)9-7-12/h6-9,11H,4-5,10H2,1-3H3. The van der Waals surface area contributed by atoms with Gasteiger partial charge in [-0.3, -0.25) is 0 Å². The average Bonchev–Trinajstić information content (AvgIpc) is 2.60. The zero-order valence-corrected chi connectivity index (χ0v) is 14.3. The highest BCUT2D eigenvalue weighted by atomic mass is 19.4. The number of anilines is 2. The van der Waals surface area contributed by atoms with Crippen LogP contribution >= 0.6 is 0 Å². The van der Waals surface area contributed by atoms with Gasteiger partial charge in [-0.25, -0.2) is 4.98 Å². The maximum Gasteiger partial charge on any atom is 0.421 e. The zero-order valence-electron chi connectivity index (χ0n) is 14.3. The number of halogens is 3. The van der Waals surface area contributed by atoms with Crippen molar-refractivity contribution in [3.8, 4) is 11.8 Å². The van der Waals surface area contributed by atoms with Crippen LogP contribution < -0.4 is 14.4 Å². The summed E-state index contributed by atoms with van der Waals surface area (Å²) in [6, 6.07) is 6.56. The van der Waals surface area contributed by atoms with Crippen LogP contribution in [0.15, 0.2) is 30.5 Å². The van der Waals surface area contributed by atoms with Crippen LogP contribution in [-0.4, -0.2) is 30.7 Å². The van der Waals surface area contributed by atoms with Gasteiger partial charge in [0.15, 0.2) is 5.82 Å². The quantitative estimate of drug-likeness (QED) is 0.687. The molecule has 0 bridgehead atoms. The molecule has 0 unspecified atom stereocenters. The van der Waals surface area contributed by atoms with E-state index in [1.54, 1.807) is 24.3 Å². The third-order valence-corrected chi connectivity index (χ3v) is 3.56. The topological polar surface area (TPSA) is 47.5 Å². The van der Waals surface area contributed by atoms with E-state index in [0.717, 1.165) is 19.0 Å². The summed E-state index contributed by atoms with van der Waals surface area (Å²) in [5, 5.41) is 0. The Morgan fingerprint density at radius 1 is 1.16 bits per heavy atom. The van der Waals surface area contributed by atoms with Crippen molar-refractivity contribution in [1.29, 1.82) is 0 Å². The van der Waals surface area contributed by atoms with Gasteiger partial charge in [0.2, 0.25) is 0 Å².